The molecule has 0 aromatic heterocycles. The molecule has 0 radical (unpaired) electrons. The number of aliphatic hydroxyl groups is 1. The highest BCUT2D eigenvalue weighted by Gasteiger charge is 2.27. The Bertz CT molecular complexity index is 428. The summed E-state index contributed by atoms with van der Waals surface area (Å²) in [7, 11) is 1.89. The van der Waals surface area contributed by atoms with Crippen LogP contribution in [0.3, 0.4) is 0 Å². The van der Waals surface area contributed by atoms with Gasteiger partial charge in [0.25, 0.3) is 5.91 Å². The molecule has 1 unspecified atom stereocenters. The van der Waals surface area contributed by atoms with Crippen LogP contribution < -0.4 is 10.6 Å². The number of amides is 1. The molecule has 0 heterocycles. The molecule has 4 heteroatoms. The predicted octanol–water partition coefficient (Wildman–Crippen LogP) is 1.34. The highest BCUT2D eigenvalue weighted by molar-refractivity contribution is 5.96. The third-order valence-corrected chi connectivity index (χ3v) is 3.39. The number of benzene rings is 1. The van der Waals surface area contributed by atoms with Crippen molar-refractivity contribution in [2.45, 2.75) is 38.8 Å². The van der Waals surface area contributed by atoms with Crippen molar-refractivity contribution in [1.29, 1.82) is 0 Å². The van der Waals surface area contributed by atoms with Gasteiger partial charge in [0.15, 0.2) is 0 Å². The third kappa shape index (κ3) is 4.33. The fourth-order valence-electron chi connectivity index (χ4n) is 1.68. The smallest absolute Gasteiger partial charge is 0.252 e. The zero-order valence-corrected chi connectivity index (χ0v) is 12.2. The topological polar surface area (TPSA) is 61.4 Å². The second-order valence-corrected chi connectivity index (χ2v) is 5.36. The minimum Gasteiger partial charge on any atom is -0.391 e. The van der Waals surface area contributed by atoms with Crippen molar-refractivity contribution in [2.24, 2.45) is 0 Å². The second-order valence-electron chi connectivity index (χ2n) is 5.36. The number of likely N-dealkylation sites (N-methyl/N-ethyl adjacent to an activating group) is 1. The van der Waals surface area contributed by atoms with E-state index < -0.39 is 11.6 Å². The number of nitrogens with one attached hydrogen (secondary N) is 2. The number of carbonyl (C=O) groups is 1. The van der Waals surface area contributed by atoms with Crippen LogP contribution in [0.1, 0.15) is 36.7 Å². The molecule has 0 saturated carbocycles. The molecule has 106 valence electrons. The van der Waals surface area contributed by atoms with Gasteiger partial charge in [-0.2, -0.15) is 0 Å². The van der Waals surface area contributed by atoms with Gasteiger partial charge in [0.05, 0.1) is 11.6 Å². The van der Waals surface area contributed by atoms with Crippen molar-refractivity contribution in [1.82, 2.24) is 10.6 Å². The van der Waals surface area contributed by atoms with Gasteiger partial charge in [-0.05, 0) is 52.4 Å². The van der Waals surface area contributed by atoms with E-state index in [9.17, 15) is 9.90 Å². The zero-order valence-electron chi connectivity index (χ0n) is 12.2. The van der Waals surface area contributed by atoms with Crippen LogP contribution in [0.2, 0.25) is 0 Å². The molecule has 0 saturated heterocycles. The van der Waals surface area contributed by atoms with E-state index in [1.165, 1.54) is 0 Å². The fourth-order valence-corrected chi connectivity index (χ4v) is 1.68. The first kappa shape index (κ1) is 15.7. The minimum absolute atomic E-state index is 0.141. The van der Waals surface area contributed by atoms with E-state index in [0.717, 1.165) is 18.5 Å². The number of hydrogen-bond donors (Lipinski definition) is 3. The molecule has 1 atom stereocenters. The molecule has 0 aliphatic rings. The second kappa shape index (κ2) is 6.68. The number of hydrogen-bond acceptors (Lipinski definition) is 3. The average Bonchev–Trinajstić information content (AvgIpc) is 2.36. The van der Waals surface area contributed by atoms with Gasteiger partial charge in [0, 0.05) is 5.56 Å². The van der Waals surface area contributed by atoms with E-state index in [4.69, 9.17) is 0 Å². The maximum Gasteiger partial charge on any atom is 0.252 e. The van der Waals surface area contributed by atoms with Gasteiger partial charge in [0.2, 0.25) is 0 Å². The normalized spacial score (nSPS) is 13.1. The van der Waals surface area contributed by atoms with Crippen molar-refractivity contribution in [3.05, 3.63) is 35.4 Å². The van der Waals surface area contributed by atoms with Crippen molar-refractivity contribution in [2.75, 3.05) is 13.6 Å². The van der Waals surface area contributed by atoms with Crippen LogP contribution >= 0.6 is 0 Å². The maximum atomic E-state index is 12.3. The summed E-state index contributed by atoms with van der Waals surface area (Å²) >= 11 is 0. The first-order valence-corrected chi connectivity index (χ1v) is 6.61. The molecule has 19 heavy (non-hydrogen) atoms. The molecule has 0 fully saturated rings. The Labute approximate surface area is 115 Å². The summed E-state index contributed by atoms with van der Waals surface area (Å²) in [5.74, 6) is -0.141. The van der Waals surface area contributed by atoms with Gasteiger partial charge in [-0.1, -0.05) is 18.2 Å². The summed E-state index contributed by atoms with van der Waals surface area (Å²) in [5, 5.41) is 15.6. The van der Waals surface area contributed by atoms with Gasteiger partial charge in [0.1, 0.15) is 0 Å². The van der Waals surface area contributed by atoms with E-state index >= 15 is 0 Å². The lowest BCUT2D eigenvalue weighted by Crippen LogP contribution is -2.51. The lowest BCUT2D eigenvalue weighted by Gasteiger charge is -2.29. The van der Waals surface area contributed by atoms with Crippen molar-refractivity contribution >= 4 is 5.91 Å². The highest BCUT2D eigenvalue weighted by atomic mass is 16.3. The SMILES string of the molecule is CNCCc1ccccc1C(=O)NC(C)(C)C(C)O. The highest BCUT2D eigenvalue weighted by Crippen LogP contribution is 2.13. The number of aliphatic hydroxyl groups excluding tert-OH is 1. The van der Waals surface area contributed by atoms with Crippen LogP contribution in [0, 0.1) is 0 Å². The maximum absolute atomic E-state index is 12.3. The predicted molar refractivity (Wildman–Crippen MR) is 77.3 cm³/mol. The summed E-state index contributed by atoms with van der Waals surface area (Å²) in [6.45, 7) is 6.12. The molecular weight excluding hydrogens is 240 g/mol. The lowest BCUT2D eigenvalue weighted by molar-refractivity contribution is 0.0708. The van der Waals surface area contributed by atoms with Crippen molar-refractivity contribution < 1.29 is 9.90 Å². The monoisotopic (exact) mass is 264 g/mol. The Balaban J connectivity index is 2.87. The Kier molecular flexibility index (Phi) is 5.51. The quantitative estimate of drug-likeness (QED) is 0.726. The van der Waals surface area contributed by atoms with E-state index in [1.807, 2.05) is 45.2 Å². The van der Waals surface area contributed by atoms with Crippen LogP contribution in [0.25, 0.3) is 0 Å². The molecule has 0 aliphatic heterocycles. The van der Waals surface area contributed by atoms with Gasteiger partial charge in [-0.15, -0.1) is 0 Å². The standard InChI is InChI=1S/C15H24N2O2/c1-11(18)15(2,3)17-14(19)13-8-6-5-7-12(13)9-10-16-4/h5-8,11,16,18H,9-10H2,1-4H3,(H,17,19). The van der Waals surface area contributed by atoms with Crippen LogP contribution in [0.15, 0.2) is 24.3 Å². The van der Waals surface area contributed by atoms with E-state index in [-0.39, 0.29) is 5.91 Å². The van der Waals surface area contributed by atoms with E-state index in [0.29, 0.717) is 5.56 Å². The van der Waals surface area contributed by atoms with Gasteiger partial charge >= 0.3 is 0 Å². The first-order chi connectivity index (χ1) is 8.88. The summed E-state index contributed by atoms with van der Waals surface area (Å²) in [5.41, 5.74) is 1.04. The fraction of sp³-hybridized carbons (Fsp3) is 0.533. The summed E-state index contributed by atoms with van der Waals surface area (Å²) < 4.78 is 0. The molecular formula is C15H24N2O2. The molecule has 1 aromatic rings. The molecule has 1 aromatic carbocycles. The Morgan fingerprint density at radius 1 is 1.37 bits per heavy atom. The lowest BCUT2D eigenvalue weighted by atomic mass is 9.97. The summed E-state index contributed by atoms with van der Waals surface area (Å²) in [6, 6.07) is 7.56. The Morgan fingerprint density at radius 3 is 2.58 bits per heavy atom. The molecule has 0 bridgehead atoms. The van der Waals surface area contributed by atoms with E-state index in [1.54, 1.807) is 6.92 Å². The number of rotatable bonds is 6. The van der Waals surface area contributed by atoms with Crippen LogP contribution in [-0.2, 0) is 6.42 Å². The van der Waals surface area contributed by atoms with Gasteiger partial charge in [-0.3, -0.25) is 4.79 Å². The summed E-state index contributed by atoms with van der Waals surface area (Å²) in [6.07, 6.45) is 0.191. The molecule has 0 spiro atoms. The van der Waals surface area contributed by atoms with Crippen molar-refractivity contribution in [3.8, 4) is 0 Å². The van der Waals surface area contributed by atoms with Gasteiger partial charge < -0.3 is 15.7 Å². The zero-order chi connectivity index (χ0) is 14.5. The molecule has 4 nitrogen and oxygen atoms in total. The van der Waals surface area contributed by atoms with E-state index in [2.05, 4.69) is 10.6 Å². The molecule has 0 aliphatic carbocycles. The Morgan fingerprint density at radius 2 is 2.00 bits per heavy atom. The third-order valence-electron chi connectivity index (χ3n) is 3.39. The number of carbonyl (C=O) groups excluding carboxylic acids is 1. The molecule has 1 amide bonds. The van der Waals surface area contributed by atoms with Crippen LogP contribution in [-0.4, -0.2) is 36.2 Å². The van der Waals surface area contributed by atoms with Crippen molar-refractivity contribution in [3.63, 3.8) is 0 Å². The average molecular weight is 264 g/mol. The molecule has 1 rings (SSSR count). The molecule has 3 N–H and O–H groups in total. The first-order valence-electron chi connectivity index (χ1n) is 6.61. The van der Waals surface area contributed by atoms with Crippen LogP contribution in [0.4, 0.5) is 0 Å². The van der Waals surface area contributed by atoms with Gasteiger partial charge in [-0.25, -0.2) is 0 Å². The Hall–Kier alpha value is -1.39. The summed E-state index contributed by atoms with van der Waals surface area (Å²) in [4.78, 5) is 12.3. The minimum atomic E-state index is -0.646. The van der Waals surface area contributed by atoms with Crippen LogP contribution in [0.5, 0.6) is 0 Å². The largest absolute Gasteiger partial charge is 0.391 e.